The van der Waals surface area contributed by atoms with E-state index in [1.165, 1.54) is 0 Å². The molecule has 56 heavy (non-hydrogen) atoms. The molecule has 0 saturated heterocycles. The molecule has 1 aromatic heterocycles. The minimum absolute atomic E-state index is 0.0509. The fraction of sp³-hybridized carbons (Fsp3) is 0.310. The SMILES string of the molecule is CC1=CC(C)=[N+]2C1=C(CCCOC(=O)N[C@@H](Cc1cccc3ccccc13)C(=O)NCC(=O)NOC(=O)c1c(C)cc(C)cc1C)c1c(C)cc(C)n1[B-]2(F)F. The van der Waals surface area contributed by atoms with Gasteiger partial charge in [-0.3, -0.25) is 9.59 Å². The van der Waals surface area contributed by atoms with E-state index in [1.807, 2.05) is 75.4 Å². The van der Waals surface area contributed by atoms with Gasteiger partial charge in [0.1, 0.15) is 11.8 Å². The third-order valence-electron chi connectivity index (χ3n) is 10.3. The quantitative estimate of drug-likeness (QED) is 0.0887. The van der Waals surface area contributed by atoms with Crippen LogP contribution in [-0.2, 0) is 25.6 Å². The zero-order valence-electron chi connectivity index (χ0n) is 32.6. The van der Waals surface area contributed by atoms with E-state index in [9.17, 15) is 19.2 Å². The lowest BCUT2D eigenvalue weighted by molar-refractivity contribution is -0.363. The van der Waals surface area contributed by atoms with Crippen LogP contribution in [0.3, 0.4) is 0 Å². The van der Waals surface area contributed by atoms with Gasteiger partial charge in [0.2, 0.25) is 5.91 Å². The summed E-state index contributed by atoms with van der Waals surface area (Å²) >= 11 is 0. The first kappa shape index (κ1) is 39.6. The molecule has 0 spiro atoms. The Balaban J connectivity index is 1.11. The highest BCUT2D eigenvalue weighted by Crippen LogP contribution is 2.43. The number of carbonyl (C=O) groups excluding carboxylic acids is 4. The first-order valence-corrected chi connectivity index (χ1v) is 18.6. The highest BCUT2D eigenvalue weighted by molar-refractivity contribution is 6.58. The van der Waals surface area contributed by atoms with Crippen LogP contribution >= 0.6 is 0 Å². The van der Waals surface area contributed by atoms with Crippen LogP contribution in [0.2, 0.25) is 0 Å². The van der Waals surface area contributed by atoms with Crippen molar-refractivity contribution in [3.05, 3.63) is 123 Å². The third-order valence-corrected chi connectivity index (χ3v) is 10.3. The van der Waals surface area contributed by atoms with Crippen molar-refractivity contribution in [1.82, 2.24) is 20.6 Å². The molecule has 2 aliphatic heterocycles. The van der Waals surface area contributed by atoms with Gasteiger partial charge in [-0.2, -0.15) is 5.48 Å². The maximum Gasteiger partial charge on any atom is 0.737 e. The first-order chi connectivity index (χ1) is 26.6. The van der Waals surface area contributed by atoms with Gasteiger partial charge in [0.25, 0.3) is 5.91 Å². The maximum atomic E-state index is 15.9. The average molecular weight is 766 g/mol. The normalized spacial score (nSPS) is 14.8. The van der Waals surface area contributed by atoms with Crippen LogP contribution in [0.25, 0.3) is 16.3 Å². The van der Waals surface area contributed by atoms with Gasteiger partial charge in [-0.05, 0) is 99.2 Å². The number of aryl methyl sites for hydroxylation is 5. The second-order valence-electron chi connectivity index (χ2n) is 14.6. The molecule has 14 heteroatoms. The summed E-state index contributed by atoms with van der Waals surface area (Å²) in [4.78, 5) is 57.2. The molecule has 292 valence electrons. The van der Waals surface area contributed by atoms with Crippen LogP contribution in [0, 0.1) is 34.6 Å². The molecule has 3 aromatic carbocycles. The molecule has 0 aliphatic carbocycles. The number of hydrogen-bond donors (Lipinski definition) is 3. The molecule has 0 unspecified atom stereocenters. The zero-order chi connectivity index (χ0) is 40.5. The molecular formula is C42H46BF2N5O6. The molecule has 0 bridgehead atoms. The Bertz CT molecular complexity index is 2350. The summed E-state index contributed by atoms with van der Waals surface area (Å²) in [6, 6.07) is 17.5. The van der Waals surface area contributed by atoms with Crippen molar-refractivity contribution in [3.63, 3.8) is 0 Å². The smallest absolute Gasteiger partial charge is 0.450 e. The number of benzene rings is 3. The molecule has 6 rings (SSSR count). The number of aromatic nitrogens is 1. The number of ether oxygens (including phenoxy) is 1. The number of carbonyl (C=O) groups is 4. The van der Waals surface area contributed by atoms with E-state index in [2.05, 4.69) is 16.1 Å². The number of hydroxylamine groups is 1. The van der Waals surface area contributed by atoms with Crippen LogP contribution in [0.4, 0.5) is 13.4 Å². The molecule has 2 aliphatic rings. The topological polar surface area (TPSA) is 131 Å². The van der Waals surface area contributed by atoms with Gasteiger partial charge in [-0.15, -0.1) is 0 Å². The largest absolute Gasteiger partial charge is 0.737 e. The summed E-state index contributed by atoms with van der Waals surface area (Å²) in [5.41, 5.74) is 9.70. The summed E-state index contributed by atoms with van der Waals surface area (Å²) in [7, 11) is 0. The first-order valence-electron chi connectivity index (χ1n) is 18.6. The van der Waals surface area contributed by atoms with Crippen LogP contribution < -0.4 is 16.1 Å². The van der Waals surface area contributed by atoms with Crippen molar-refractivity contribution in [3.8, 4) is 0 Å². The van der Waals surface area contributed by atoms with Crippen molar-refractivity contribution in [1.29, 1.82) is 0 Å². The molecule has 0 fully saturated rings. The molecular weight excluding hydrogens is 719 g/mol. The van der Waals surface area contributed by atoms with Gasteiger partial charge >= 0.3 is 19.0 Å². The van der Waals surface area contributed by atoms with Gasteiger partial charge in [0.15, 0.2) is 5.70 Å². The highest BCUT2D eigenvalue weighted by Gasteiger charge is 2.54. The summed E-state index contributed by atoms with van der Waals surface area (Å²) in [5.74, 6) is -2.19. The number of allylic oxidation sites excluding steroid dienone is 3. The van der Waals surface area contributed by atoms with Gasteiger partial charge < -0.3 is 37.8 Å². The Labute approximate surface area is 324 Å². The van der Waals surface area contributed by atoms with E-state index in [0.717, 1.165) is 47.6 Å². The van der Waals surface area contributed by atoms with Crippen molar-refractivity contribution in [2.45, 2.75) is 73.8 Å². The van der Waals surface area contributed by atoms with E-state index in [-0.39, 0.29) is 13.0 Å². The Kier molecular flexibility index (Phi) is 11.3. The van der Waals surface area contributed by atoms with Gasteiger partial charge in [0.05, 0.1) is 18.7 Å². The third kappa shape index (κ3) is 7.86. The number of alkyl carbamates (subject to hydrolysis) is 1. The minimum Gasteiger partial charge on any atom is -0.450 e. The summed E-state index contributed by atoms with van der Waals surface area (Å²) in [5, 5.41) is 6.99. The van der Waals surface area contributed by atoms with E-state index in [0.29, 0.717) is 52.3 Å². The molecule has 3 amide bonds. The van der Waals surface area contributed by atoms with Crippen molar-refractivity contribution in [2.24, 2.45) is 0 Å². The van der Waals surface area contributed by atoms with Crippen LogP contribution in [-0.4, -0.2) is 64.7 Å². The Morgan fingerprint density at radius 3 is 2.32 bits per heavy atom. The molecule has 3 N–H and O–H groups in total. The van der Waals surface area contributed by atoms with E-state index in [4.69, 9.17) is 9.57 Å². The predicted octanol–water partition coefficient (Wildman–Crippen LogP) is 6.69. The zero-order valence-corrected chi connectivity index (χ0v) is 32.6. The number of nitrogens with zero attached hydrogens (tertiary/aromatic N) is 2. The van der Waals surface area contributed by atoms with Crippen LogP contribution in [0.1, 0.15) is 76.3 Å². The molecule has 11 nitrogen and oxygen atoms in total. The molecule has 0 saturated carbocycles. The van der Waals surface area contributed by atoms with Gasteiger partial charge in [-0.25, -0.2) is 9.59 Å². The van der Waals surface area contributed by atoms with Crippen LogP contribution in [0.5, 0.6) is 0 Å². The monoisotopic (exact) mass is 765 g/mol. The number of nitrogens with one attached hydrogen (secondary N) is 3. The standard InChI is InChI=1S/C42H46BF2N5O6/c1-24-18-25(2)37(26(3)19-24)41(53)56-48-36(51)23-46-40(52)35(22-32-14-10-13-31-12-8-9-15-33(31)32)47-42(54)55-17-11-16-34-38-27(4)20-29(6)49(38)43(44,45)50-30(7)21-28(5)39(34)50/h8-10,12-15,18-21,35H,11,16-17,22-23H2,1-7H3,(H,46,52)(H,47,54)(H,48,51)/t35-/m0/s1. The van der Waals surface area contributed by atoms with Crippen molar-refractivity contribution in [2.75, 3.05) is 13.2 Å². The maximum absolute atomic E-state index is 15.9. The number of fused-ring (bicyclic) bond motifs is 3. The summed E-state index contributed by atoms with van der Waals surface area (Å²) < 4.78 is 39.7. The fourth-order valence-electron chi connectivity index (χ4n) is 8.15. The Morgan fingerprint density at radius 1 is 0.893 bits per heavy atom. The Morgan fingerprint density at radius 2 is 1.59 bits per heavy atom. The number of amides is 3. The Hall–Kier alpha value is -6.05. The second-order valence-corrected chi connectivity index (χ2v) is 14.6. The predicted molar refractivity (Wildman–Crippen MR) is 211 cm³/mol. The average Bonchev–Trinajstić information content (AvgIpc) is 3.62. The van der Waals surface area contributed by atoms with E-state index < -0.39 is 43.4 Å². The molecule has 3 heterocycles. The molecule has 4 aromatic rings. The van der Waals surface area contributed by atoms with Gasteiger partial charge in [0, 0.05) is 36.3 Å². The second kappa shape index (κ2) is 16.0. The van der Waals surface area contributed by atoms with Crippen molar-refractivity contribution < 1.29 is 41.9 Å². The summed E-state index contributed by atoms with van der Waals surface area (Å²) in [6.45, 7) is 7.75. The number of halogens is 2. The number of hydrogen-bond acceptors (Lipinski definition) is 6. The molecule has 1 atom stereocenters. The summed E-state index contributed by atoms with van der Waals surface area (Å²) in [6.07, 6.45) is 1.66. The lowest BCUT2D eigenvalue weighted by atomic mass is 9.85. The van der Waals surface area contributed by atoms with Crippen molar-refractivity contribution >= 4 is 52.9 Å². The highest BCUT2D eigenvalue weighted by atomic mass is 19.2. The lowest BCUT2D eigenvalue weighted by Crippen LogP contribution is -2.51. The van der Waals surface area contributed by atoms with Gasteiger partial charge in [-0.1, -0.05) is 60.2 Å². The molecule has 0 radical (unpaired) electrons. The minimum atomic E-state index is -4.09. The van der Waals surface area contributed by atoms with E-state index >= 15 is 8.63 Å². The van der Waals surface area contributed by atoms with Crippen LogP contribution in [0.15, 0.2) is 78.0 Å². The van der Waals surface area contributed by atoms with E-state index in [1.54, 1.807) is 39.8 Å². The fourth-order valence-corrected chi connectivity index (χ4v) is 8.15. The lowest BCUT2D eigenvalue weighted by Gasteiger charge is -2.34. The number of rotatable bonds is 11.